The summed E-state index contributed by atoms with van der Waals surface area (Å²) in [5.74, 6) is -1.82. The molecular formula is C23H44N2O6. The molecule has 0 radical (unpaired) electrons. The van der Waals surface area contributed by atoms with Crippen LogP contribution in [0.3, 0.4) is 0 Å². The molecule has 8 heteroatoms. The maximum Gasteiger partial charge on any atom is 0.320 e. The van der Waals surface area contributed by atoms with Gasteiger partial charge < -0.3 is 20.3 Å². The van der Waals surface area contributed by atoms with Crippen molar-refractivity contribution in [2.45, 2.75) is 123 Å². The van der Waals surface area contributed by atoms with Crippen molar-refractivity contribution in [3.8, 4) is 0 Å². The largest absolute Gasteiger partial charge is 0.480 e. The average molecular weight is 445 g/mol. The first kappa shape index (κ1) is 29.3. The Morgan fingerprint density at radius 1 is 0.935 bits per heavy atom. The molecule has 0 fully saturated rings. The smallest absolute Gasteiger partial charge is 0.320 e. The van der Waals surface area contributed by atoms with Crippen molar-refractivity contribution >= 4 is 17.8 Å². The lowest BCUT2D eigenvalue weighted by molar-refractivity contribution is -0.159. The second kappa shape index (κ2) is 18.0. The van der Waals surface area contributed by atoms with Crippen LogP contribution in [0.1, 0.15) is 105 Å². The van der Waals surface area contributed by atoms with Gasteiger partial charge in [-0.25, -0.2) is 0 Å². The van der Waals surface area contributed by atoms with Gasteiger partial charge in [-0.2, -0.15) is 0 Å². The fourth-order valence-corrected chi connectivity index (χ4v) is 3.48. The number of aliphatic hydroxyl groups is 1. The summed E-state index contributed by atoms with van der Waals surface area (Å²) in [6, 6.07) is -0.947. The van der Waals surface area contributed by atoms with E-state index in [1.165, 1.54) is 50.3 Å². The van der Waals surface area contributed by atoms with Gasteiger partial charge >= 0.3 is 11.9 Å². The topological polar surface area (TPSA) is 116 Å². The van der Waals surface area contributed by atoms with Crippen molar-refractivity contribution in [2.75, 3.05) is 6.54 Å². The molecule has 0 aliphatic carbocycles. The van der Waals surface area contributed by atoms with Crippen LogP contribution in [0.5, 0.6) is 0 Å². The number of hydrogen-bond donors (Lipinski definition) is 3. The molecule has 0 rings (SSSR count). The van der Waals surface area contributed by atoms with Gasteiger partial charge in [0.25, 0.3) is 0 Å². The quantitative estimate of drug-likeness (QED) is 0.158. The zero-order chi connectivity index (χ0) is 23.6. The highest BCUT2D eigenvalue weighted by molar-refractivity contribution is 5.77. The van der Waals surface area contributed by atoms with Gasteiger partial charge in [0.05, 0.1) is 6.54 Å². The Bertz CT molecular complexity index is 512. The van der Waals surface area contributed by atoms with Crippen LogP contribution in [0.25, 0.3) is 0 Å². The van der Waals surface area contributed by atoms with Gasteiger partial charge in [0.15, 0.2) is 6.23 Å². The molecule has 0 bridgehead atoms. The molecule has 31 heavy (non-hydrogen) atoms. The highest BCUT2D eigenvalue weighted by Crippen LogP contribution is 2.12. The minimum Gasteiger partial charge on any atom is -0.480 e. The van der Waals surface area contributed by atoms with Crippen LogP contribution >= 0.6 is 0 Å². The van der Waals surface area contributed by atoms with E-state index in [4.69, 9.17) is 4.74 Å². The van der Waals surface area contributed by atoms with Crippen molar-refractivity contribution in [1.29, 1.82) is 0 Å². The van der Waals surface area contributed by atoms with Crippen LogP contribution in [-0.4, -0.2) is 58.0 Å². The van der Waals surface area contributed by atoms with Gasteiger partial charge in [0.1, 0.15) is 12.3 Å². The van der Waals surface area contributed by atoms with Gasteiger partial charge in [-0.15, -0.1) is 0 Å². The van der Waals surface area contributed by atoms with E-state index in [-0.39, 0.29) is 25.3 Å². The van der Waals surface area contributed by atoms with E-state index in [2.05, 4.69) is 12.2 Å². The summed E-state index contributed by atoms with van der Waals surface area (Å²) in [6.07, 6.45) is 8.97. The first-order valence-electron chi connectivity index (χ1n) is 11.9. The molecule has 0 saturated heterocycles. The molecule has 0 heterocycles. The Labute approximate surface area is 187 Å². The molecule has 0 spiro atoms. The molecule has 0 aliphatic heterocycles. The van der Waals surface area contributed by atoms with Crippen LogP contribution in [0.4, 0.5) is 0 Å². The fourth-order valence-electron chi connectivity index (χ4n) is 3.48. The Morgan fingerprint density at radius 3 is 1.94 bits per heavy atom. The predicted octanol–water partition coefficient (Wildman–Crippen LogP) is 3.81. The molecule has 3 atom stereocenters. The number of ether oxygens (including phenoxy) is 1. The minimum atomic E-state index is -1.08. The number of aliphatic carboxylic acids is 1. The van der Waals surface area contributed by atoms with Crippen molar-refractivity contribution in [1.82, 2.24) is 10.2 Å². The Morgan fingerprint density at radius 2 is 1.48 bits per heavy atom. The van der Waals surface area contributed by atoms with E-state index in [0.29, 0.717) is 6.42 Å². The number of rotatable bonds is 19. The zero-order valence-electron chi connectivity index (χ0n) is 19.9. The molecule has 1 amide bonds. The summed E-state index contributed by atoms with van der Waals surface area (Å²) in [7, 11) is 0. The van der Waals surface area contributed by atoms with Crippen LogP contribution in [-0.2, 0) is 19.1 Å². The maximum absolute atomic E-state index is 12.4. The molecule has 0 aromatic carbocycles. The number of amides is 1. The van der Waals surface area contributed by atoms with Crippen molar-refractivity contribution < 1.29 is 29.3 Å². The highest BCUT2D eigenvalue weighted by Gasteiger charge is 2.31. The Hall–Kier alpha value is -1.67. The van der Waals surface area contributed by atoms with Crippen LogP contribution in [0, 0.1) is 0 Å². The normalized spacial score (nSPS) is 14.1. The fraction of sp³-hybridized carbons (Fsp3) is 0.870. The molecule has 0 aromatic rings. The van der Waals surface area contributed by atoms with Gasteiger partial charge in [-0.05, 0) is 19.8 Å². The number of carboxylic acid groups (broad SMARTS) is 1. The molecule has 182 valence electrons. The molecule has 0 aliphatic rings. The predicted molar refractivity (Wildman–Crippen MR) is 120 cm³/mol. The summed E-state index contributed by atoms with van der Waals surface area (Å²) in [5, 5.41) is 22.1. The second-order valence-corrected chi connectivity index (χ2v) is 8.07. The van der Waals surface area contributed by atoms with E-state index >= 15 is 0 Å². The first-order chi connectivity index (χ1) is 14.8. The molecular weight excluding hydrogens is 400 g/mol. The number of aliphatic hydroxyl groups excluding tert-OH is 1. The van der Waals surface area contributed by atoms with Crippen molar-refractivity contribution in [3.05, 3.63) is 0 Å². The maximum atomic E-state index is 12.4. The summed E-state index contributed by atoms with van der Waals surface area (Å²) < 4.78 is 5.30. The molecule has 3 unspecified atom stereocenters. The number of nitrogens with one attached hydrogen (secondary N) is 1. The Balaban J connectivity index is 4.59. The SMILES string of the molecule is CCCCCCCCCCCC(=O)NC(CN(C(C)O)C(CC)C(=O)O)OC(=O)CC. The van der Waals surface area contributed by atoms with Gasteiger partial charge in [0.2, 0.25) is 5.91 Å². The number of carbonyl (C=O) groups is 3. The van der Waals surface area contributed by atoms with E-state index < -0.39 is 30.4 Å². The average Bonchev–Trinajstić information content (AvgIpc) is 2.71. The number of carbonyl (C=O) groups excluding carboxylic acids is 2. The van der Waals surface area contributed by atoms with Crippen molar-refractivity contribution in [3.63, 3.8) is 0 Å². The van der Waals surface area contributed by atoms with E-state index in [1.807, 2.05) is 0 Å². The molecule has 3 N–H and O–H groups in total. The minimum absolute atomic E-state index is 0.0995. The number of nitrogens with zero attached hydrogens (tertiary/aromatic N) is 1. The zero-order valence-corrected chi connectivity index (χ0v) is 19.9. The lowest BCUT2D eigenvalue weighted by Crippen LogP contribution is -2.54. The summed E-state index contributed by atoms with van der Waals surface area (Å²) >= 11 is 0. The van der Waals surface area contributed by atoms with Crippen molar-refractivity contribution in [2.24, 2.45) is 0 Å². The lowest BCUT2D eigenvalue weighted by atomic mass is 10.1. The van der Waals surface area contributed by atoms with E-state index in [1.54, 1.807) is 13.8 Å². The number of unbranched alkanes of at least 4 members (excludes halogenated alkanes) is 8. The summed E-state index contributed by atoms with van der Waals surface area (Å²) in [5.41, 5.74) is 0. The third-order valence-electron chi connectivity index (χ3n) is 5.32. The first-order valence-corrected chi connectivity index (χ1v) is 11.9. The van der Waals surface area contributed by atoms with Crippen LogP contribution in [0.2, 0.25) is 0 Å². The monoisotopic (exact) mass is 444 g/mol. The number of carboxylic acids is 1. The van der Waals surface area contributed by atoms with Crippen LogP contribution in [0.15, 0.2) is 0 Å². The summed E-state index contributed by atoms with van der Waals surface area (Å²) in [4.78, 5) is 37.0. The lowest BCUT2D eigenvalue weighted by Gasteiger charge is -2.33. The molecule has 0 saturated carbocycles. The van der Waals surface area contributed by atoms with E-state index in [0.717, 1.165) is 19.3 Å². The van der Waals surface area contributed by atoms with Gasteiger partial charge in [-0.3, -0.25) is 19.3 Å². The van der Waals surface area contributed by atoms with Gasteiger partial charge in [0, 0.05) is 12.8 Å². The van der Waals surface area contributed by atoms with Crippen LogP contribution < -0.4 is 5.32 Å². The summed E-state index contributed by atoms with van der Waals surface area (Å²) in [6.45, 7) is 6.90. The third-order valence-corrected chi connectivity index (χ3v) is 5.32. The van der Waals surface area contributed by atoms with E-state index in [9.17, 15) is 24.6 Å². The Kier molecular flexibility index (Phi) is 17.0. The molecule has 8 nitrogen and oxygen atoms in total. The second-order valence-electron chi connectivity index (χ2n) is 8.07. The number of esters is 1. The third kappa shape index (κ3) is 14.1. The van der Waals surface area contributed by atoms with Gasteiger partial charge in [-0.1, -0.05) is 72.1 Å². The standard InChI is InChI=1S/C23H44N2O6/c1-5-8-9-10-11-12-13-14-15-16-20(27)24-21(31-22(28)7-3)17-25(18(4)26)19(6-2)23(29)30/h18-19,21,26H,5-17H2,1-4H3,(H,24,27)(H,29,30). The number of hydrogen-bond acceptors (Lipinski definition) is 6. The molecule has 0 aromatic heterocycles. The highest BCUT2D eigenvalue weighted by atomic mass is 16.6.